The first-order valence-corrected chi connectivity index (χ1v) is 39.2. The zero-order valence-electron chi connectivity index (χ0n) is 60.0. The van der Waals surface area contributed by atoms with Gasteiger partial charge in [-0.1, -0.05) is 158 Å². The van der Waals surface area contributed by atoms with Crippen molar-refractivity contribution in [3.63, 3.8) is 0 Å². The summed E-state index contributed by atoms with van der Waals surface area (Å²) in [4.78, 5) is 74.4. The SMILES string of the molecule is CB(O)Nc1ccc(CN2C(=O)N(Cc3ccc(OCP(=O)(O)O)cc3)[C@H](Cc3ccccc3)[C@@H]3OC(C)(C)O[C@H]3[C@H]2Cc2ccccc2)cc1C(=N)N(B1CO1)B1CO1.N=C(N)c1cc(CN2C(=O)N(Cc3ccc(OCP(=O)(O)O)cc3)[C@H](Cc3ccccc3)[C@H](O)[C@@H](O)[C@H]2Cc2ccccc2)ccc1N. The first-order valence-electron chi connectivity index (χ1n) is 35.6. The predicted octanol–water partition coefficient (Wildman–Crippen LogP) is 8.09. The Labute approximate surface area is 628 Å². The lowest BCUT2D eigenvalue weighted by Gasteiger charge is -2.37. The van der Waals surface area contributed by atoms with Crippen LogP contribution in [-0.4, -0.2) is 184 Å². The lowest BCUT2D eigenvalue weighted by Crippen LogP contribution is -2.51. The molecule has 0 aromatic heterocycles. The fourth-order valence-electron chi connectivity index (χ4n) is 14.2. The molecule has 5 aliphatic rings. The number of ether oxygens (including phenoxy) is 4. The van der Waals surface area contributed by atoms with Crippen molar-refractivity contribution in [2.24, 2.45) is 5.73 Å². The van der Waals surface area contributed by atoms with Gasteiger partial charge in [0.05, 0.1) is 37.2 Å². The van der Waals surface area contributed by atoms with E-state index < -0.39 is 95.3 Å². The molecule has 13 rings (SSSR count). The van der Waals surface area contributed by atoms with E-state index in [-0.39, 0.29) is 76.6 Å². The number of nitrogens with two attached hydrogens (primary N) is 2. The van der Waals surface area contributed by atoms with Crippen molar-refractivity contribution in [3.8, 4) is 11.5 Å². The molecule has 0 saturated carbocycles. The summed E-state index contributed by atoms with van der Waals surface area (Å²) in [5.41, 5.74) is 20.2. The largest absolute Gasteiger partial charge is 0.481 e. The molecule has 5 saturated heterocycles. The number of aliphatic hydroxyl groups is 2. The Balaban J connectivity index is 0.000000207. The summed E-state index contributed by atoms with van der Waals surface area (Å²) < 4.78 is 60.0. The number of urea groups is 2. The molecular weight excluding hydrogens is 1420 g/mol. The number of aliphatic hydroxyl groups excluding tert-OH is 2. The van der Waals surface area contributed by atoms with E-state index in [0.29, 0.717) is 65.2 Å². The molecule has 8 atom stereocenters. The monoisotopic (exact) mass is 1510 g/mol. The van der Waals surface area contributed by atoms with E-state index in [2.05, 4.69) is 5.23 Å². The van der Waals surface area contributed by atoms with E-state index in [9.17, 15) is 54.1 Å². The van der Waals surface area contributed by atoms with Gasteiger partial charge in [-0.2, -0.15) is 0 Å². The molecule has 0 bridgehead atoms. The maximum absolute atomic E-state index is 15.7. The van der Waals surface area contributed by atoms with Crippen LogP contribution in [0.4, 0.5) is 21.0 Å². The molecule has 0 aliphatic carbocycles. The summed E-state index contributed by atoms with van der Waals surface area (Å²) in [7, 11) is -10.2. The maximum Gasteiger partial charge on any atom is 0.430 e. The van der Waals surface area contributed by atoms with Crippen LogP contribution in [-0.2, 0) is 79.8 Å². The van der Waals surface area contributed by atoms with Crippen LogP contribution < -0.4 is 26.2 Å². The van der Waals surface area contributed by atoms with Crippen molar-refractivity contribution < 1.29 is 81.8 Å². The van der Waals surface area contributed by atoms with E-state index in [4.69, 9.17) is 45.1 Å². The lowest BCUT2D eigenvalue weighted by molar-refractivity contribution is -0.157. The van der Waals surface area contributed by atoms with Gasteiger partial charge in [0, 0.05) is 48.7 Å². The number of amides is 4. The van der Waals surface area contributed by atoms with Gasteiger partial charge in [-0.25, -0.2) is 9.59 Å². The molecule has 14 N–H and O–H groups in total. The fourth-order valence-corrected chi connectivity index (χ4v) is 14.9. The summed E-state index contributed by atoms with van der Waals surface area (Å²) in [6.07, 6.45) is -3.80. The Morgan fingerprint density at radius 1 is 0.537 bits per heavy atom. The van der Waals surface area contributed by atoms with Gasteiger partial charge in [-0.05, 0) is 139 Å². The van der Waals surface area contributed by atoms with Crippen molar-refractivity contribution in [2.45, 2.75) is 127 Å². The van der Waals surface area contributed by atoms with Gasteiger partial charge in [0.25, 0.3) is 0 Å². The number of amidine groups is 2. The van der Waals surface area contributed by atoms with Crippen LogP contribution in [0, 0.1) is 10.8 Å². The molecule has 5 fully saturated rings. The Morgan fingerprint density at radius 2 is 0.870 bits per heavy atom. The van der Waals surface area contributed by atoms with Crippen molar-refractivity contribution >= 4 is 71.5 Å². The summed E-state index contributed by atoms with van der Waals surface area (Å²) in [5, 5.41) is 54.6. The fraction of sp³-hybridized carbons (Fsp3) is 0.316. The highest BCUT2D eigenvalue weighted by molar-refractivity contribution is 7.51. The molecule has 564 valence electrons. The van der Waals surface area contributed by atoms with Crippen LogP contribution in [0.25, 0.3) is 0 Å². The maximum atomic E-state index is 15.7. The van der Waals surface area contributed by atoms with Crippen molar-refractivity contribution in [2.75, 3.05) is 36.7 Å². The minimum Gasteiger partial charge on any atom is -0.481 e. The van der Waals surface area contributed by atoms with Crippen LogP contribution in [0.15, 0.2) is 206 Å². The highest BCUT2D eigenvalue weighted by Gasteiger charge is 2.56. The summed E-state index contributed by atoms with van der Waals surface area (Å²) in [5.74, 6) is -0.468. The van der Waals surface area contributed by atoms with Crippen molar-refractivity contribution in [1.82, 2.24) is 24.3 Å². The van der Waals surface area contributed by atoms with Gasteiger partial charge in [0.1, 0.15) is 47.6 Å². The third-order valence-electron chi connectivity index (χ3n) is 19.5. The number of hydrogen-bond donors (Lipinski definition) is 12. The summed E-state index contributed by atoms with van der Waals surface area (Å²) in [6.45, 7) is 6.80. The number of rotatable bonds is 28. The van der Waals surface area contributed by atoms with Crippen molar-refractivity contribution in [1.29, 1.82) is 10.8 Å². The van der Waals surface area contributed by atoms with E-state index in [1.807, 2.05) is 163 Å². The summed E-state index contributed by atoms with van der Waals surface area (Å²) >= 11 is 0. The van der Waals surface area contributed by atoms with Gasteiger partial charge in [-0.15, -0.1) is 0 Å². The number of carbonyl (C=O) groups excluding carboxylic acids is 2. The molecule has 8 aromatic rings. The number of fused-ring (bicyclic) bond motifs is 1. The molecule has 5 heterocycles. The number of nitrogens with zero attached hydrogens (tertiary/aromatic N) is 5. The molecule has 4 amide bonds. The van der Waals surface area contributed by atoms with Crippen molar-refractivity contribution in [3.05, 3.63) is 262 Å². The van der Waals surface area contributed by atoms with Gasteiger partial charge < -0.3 is 104 Å². The highest BCUT2D eigenvalue weighted by atomic mass is 31.2. The Bertz CT molecular complexity index is 4510. The highest BCUT2D eigenvalue weighted by Crippen LogP contribution is 2.43. The Morgan fingerprint density at radius 3 is 1.22 bits per heavy atom. The zero-order chi connectivity index (χ0) is 76.6. The Kier molecular flexibility index (Phi) is 24.7. The molecule has 32 heteroatoms. The zero-order valence-corrected chi connectivity index (χ0v) is 61.8. The third kappa shape index (κ3) is 20.3. The number of anilines is 2. The quantitative estimate of drug-likeness (QED) is 0.00550. The topological polar surface area (TPSA) is 400 Å². The first-order chi connectivity index (χ1) is 51.6. The second-order valence-electron chi connectivity index (χ2n) is 28.2. The Hall–Kier alpha value is -9.35. The number of hydrogen-bond acceptors (Lipinski definition) is 17. The number of carbonyl (C=O) groups is 2. The van der Waals surface area contributed by atoms with Crippen LogP contribution in [0.5, 0.6) is 11.5 Å². The molecule has 0 radical (unpaired) electrons. The van der Waals surface area contributed by atoms with E-state index >= 15 is 4.79 Å². The van der Waals surface area contributed by atoms with Gasteiger partial charge in [-0.3, -0.25) is 19.9 Å². The average Bonchev–Trinajstić information content (AvgIpc) is 1.60. The molecule has 8 aromatic carbocycles. The molecular formula is C76H89B3N10O17P2. The minimum atomic E-state index is -4.39. The molecule has 27 nitrogen and oxygen atoms in total. The van der Waals surface area contributed by atoms with Gasteiger partial charge in [0.2, 0.25) is 0 Å². The third-order valence-corrected chi connectivity index (χ3v) is 20.4. The van der Waals surface area contributed by atoms with Gasteiger partial charge >= 0.3 is 48.4 Å². The summed E-state index contributed by atoms with van der Waals surface area (Å²) in [6, 6.07) is 59.5. The van der Waals surface area contributed by atoms with Gasteiger partial charge in [0.15, 0.2) is 18.5 Å². The van der Waals surface area contributed by atoms with Crippen LogP contribution in [0.2, 0.25) is 6.82 Å². The van der Waals surface area contributed by atoms with Crippen LogP contribution in [0.1, 0.15) is 69.5 Å². The van der Waals surface area contributed by atoms with E-state index in [0.717, 1.165) is 33.4 Å². The van der Waals surface area contributed by atoms with Crippen LogP contribution >= 0.6 is 15.2 Å². The smallest absolute Gasteiger partial charge is 0.430 e. The second kappa shape index (κ2) is 34.1. The standard InChI is InChI=1S/C41H49B3N5O10P.C35H40N5O7P/c1-41(2)58-37-35(21-28-10-6-4-7-11-28)47(23-30-14-17-32(18-15-30)55-27-60(52,53)54)40(50)48(36(38(37)59-41)22-29-12-8-5-9-13-29)24-31-16-19-34(46-42(3)51)33(20-31)39(45)49(43-25-56-43)44-26-57-44;36-29-16-13-26(17-28(29)34(37)38)21-40-31(19-24-9-5-2-6-10-24)33(42)32(41)30(18-23-7-3-1-4-8-23)39(35(40)43)20-25-11-14-27(15-12-25)47-22-48(44,45)46/h4-20,35-38,45-46,51H,21-27H2,1-3H3,(H2,52,53,54);1-17,30-33,41-42H,18-22,36H2,(H3,37,38)(H2,44,45,46)/t35-,36-,37+,38+;30-,31-,32+,33+/m11/s1. The van der Waals surface area contributed by atoms with Crippen LogP contribution in [0.3, 0.4) is 0 Å². The lowest BCUT2D eigenvalue weighted by atomic mass is 9.75. The number of nitrogen functional groups attached to an aromatic ring is 2. The number of benzene rings is 8. The normalized spacial score (nSPS) is 21.1. The molecule has 0 unspecified atom stereocenters. The van der Waals surface area contributed by atoms with E-state index in [1.165, 1.54) is 0 Å². The predicted molar refractivity (Wildman–Crippen MR) is 410 cm³/mol. The molecule has 0 spiro atoms. The first kappa shape index (κ1) is 78.2. The minimum absolute atomic E-state index is 0.0321. The number of nitrogens with one attached hydrogen (secondary N) is 3. The second-order valence-corrected chi connectivity index (χ2v) is 31.4. The molecule has 5 aliphatic heterocycles. The van der Waals surface area contributed by atoms with E-state index in [1.54, 1.807) is 88.1 Å². The molecule has 108 heavy (non-hydrogen) atoms. The average molecular weight is 1510 g/mol.